The first-order valence-electron chi connectivity index (χ1n) is 4.96. The molecule has 3 nitrogen and oxygen atoms in total. The summed E-state index contributed by atoms with van der Waals surface area (Å²) in [6.45, 7) is 1.67. The summed E-state index contributed by atoms with van der Waals surface area (Å²) in [6.07, 6.45) is 0.551. The van der Waals surface area contributed by atoms with E-state index in [2.05, 4.69) is 0 Å². The lowest BCUT2D eigenvalue weighted by Gasteiger charge is -2.24. The van der Waals surface area contributed by atoms with Crippen molar-refractivity contribution in [1.29, 1.82) is 0 Å². The zero-order chi connectivity index (χ0) is 11.1. The molecule has 0 unspecified atom stereocenters. The normalized spacial score (nSPS) is 28.6. The average Bonchev–Trinajstić information content (AvgIpc) is 2.51. The number of benzene rings is 1. The van der Waals surface area contributed by atoms with E-state index < -0.39 is 11.5 Å². The molecule has 1 aliphatic carbocycles. The smallest absolute Gasteiger partial charge is 0.312 e. The Hall–Kier alpha value is -1.35. The molecular formula is C12H14O3. The lowest BCUT2D eigenvalue weighted by atomic mass is 9.89. The van der Waals surface area contributed by atoms with Gasteiger partial charge in [0.15, 0.2) is 0 Å². The van der Waals surface area contributed by atoms with Crippen LogP contribution in [-0.2, 0) is 21.6 Å². The van der Waals surface area contributed by atoms with Crippen LogP contribution in [0, 0.1) is 5.92 Å². The number of ether oxygens (including phenoxy) is 1. The fraction of sp³-hybridized carbons (Fsp3) is 0.417. The molecule has 0 aromatic heterocycles. The van der Waals surface area contributed by atoms with Crippen molar-refractivity contribution in [2.45, 2.75) is 18.9 Å². The van der Waals surface area contributed by atoms with Crippen LogP contribution in [0.4, 0.5) is 0 Å². The Morgan fingerprint density at radius 2 is 2.20 bits per heavy atom. The van der Waals surface area contributed by atoms with Crippen molar-refractivity contribution in [3.05, 3.63) is 35.4 Å². The highest BCUT2D eigenvalue weighted by atomic mass is 16.5. The highest BCUT2D eigenvalue weighted by Gasteiger charge is 2.46. The van der Waals surface area contributed by atoms with E-state index in [1.807, 2.05) is 24.3 Å². The van der Waals surface area contributed by atoms with Gasteiger partial charge in [-0.3, -0.25) is 4.79 Å². The number of fused-ring (bicyclic) bond motifs is 1. The standard InChI is InChI=1S/C12H14O3/c1-12(14)9-6-4-3-5-8(9)7-10(12)11(13)15-2/h3-6,10,14H,7H2,1-2H3/t10-,12+/m1/s1. The van der Waals surface area contributed by atoms with Crippen molar-refractivity contribution in [2.75, 3.05) is 7.11 Å². The molecule has 15 heavy (non-hydrogen) atoms. The van der Waals surface area contributed by atoms with Crippen molar-refractivity contribution < 1.29 is 14.6 Å². The van der Waals surface area contributed by atoms with Gasteiger partial charge in [-0.25, -0.2) is 0 Å². The van der Waals surface area contributed by atoms with Gasteiger partial charge in [0.05, 0.1) is 13.0 Å². The Morgan fingerprint density at radius 3 is 2.80 bits per heavy atom. The molecule has 80 valence electrons. The highest BCUT2D eigenvalue weighted by molar-refractivity contribution is 5.76. The van der Waals surface area contributed by atoms with Crippen molar-refractivity contribution in [3.8, 4) is 0 Å². The summed E-state index contributed by atoms with van der Waals surface area (Å²) in [6, 6.07) is 7.58. The first-order chi connectivity index (χ1) is 7.07. The molecule has 1 N–H and O–H groups in total. The Morgan fingerprint density at radius 1 is 1.53 bits per heavy atom. The molecule has 2 atom stereocenters. The summed E-state index contributed by atoms with van der Waals surface area (Å²) >= 11 is 0. The van der Waals surface area contributed by atoms with Gasteiger partial charge in [0.1, 0.15) is 5.60 Å². The molecule has 0 saturated carbocycles. The molecule has 0 amide bonds. The summed E-state index contributed by atoms with van der Waals surface area (Å²) in [4.78, 5) is 11.5. The van der Waals surface area contributed by atoms with Gasteiger partial charge in [0.2, 0.25) is 0 Å². The fourth-order valence-electron chi connectivity index (χ4n) is 2.25. The van der Waals surface area contributed by atoms with Gasteiger partial charge in [0.25, 0.3) is 0 Å². The second kappa shape index (κ2) is 3.35. The number of aliphatic hydroxyl groups is 1. The van der Waals surface area contributed by atoms with Gasteiger partial charge >= 0.3 is 5.97 Å². The molecule has 1 aromatic carbocycles. The zero-order valence-corrected chi connectivity index (χ0v) is 8.86. The third kappa shape index (κ3) is 1.43. The predicted molar refractivity (Wildman–Crippen MR) is 55.2 cm³/mol. The molecule has 0 radical (unpaired) electrons. The summed E-state index contributed by atoms with van der Waals surface area (Å²) in [5, 5.41) is 10.3. The van der Waals surface area contributed by atoms with E-state index in [1.165, 1.54) is 7.11 Å². The SMILES string of the molecule is COC(=O)[C@H]1Cc2ccccc2[C@]1(C)O. The van der Waals surface area contributed by atoms with Crippen molar-refractivity contribution in [1.82, 2.24) is 0 Å². The molecule has 0 fully saturated rings. The van der Waals surface area contributed by atoms with E-state index in [0.29, 0.717) is 6.42 Å². The van der Waals surface area contributed by atoms with Crippen LogP contribution in [0.1, 0.15) is 18.1 Å². The molecule has 0 saturated heterocycles. The van der Waals surface area contributed by atoms with Crippen LogP contribution in [0.5, 0.6) is 0 Å². The van der Waals surface area contributed by atoms with Crippen LogP contribution < -0.4 is 0 Å². The van der Waals surface area contributed by atoms with E-state index in [-0.39, 0.29) is 5.97 Å². The first-order valence-corrected chi connectivity index (χ1v) is 4.96. The summed E-state index contributed by atoms with van der Waals surface area (Å²) < 4.78 is 4.70. The molecule has 0 spiro atoms. The topological polar surface area (TPSA) is 46.5 Å². The van der Waals surface area contributed by atoms with Crippen LogP contribution in [0.25, 0.3) is 0 Å². The van der Waals surface area contributed by atoms with E-state index in [0.717, 1.165) is 11.1 Å². The Bertz CT molecular complexity index is 396. The molecule has 3 heteroatoms. The molecule has 0 aliphatic heterocycles. The number of esters is 1. The van der Waals surface area contributed by atoms with E-state index in [9.17, 15) is 9.90 Å². The minimum absolute atomic E-state index is 0.351. The second-order valence-corrected chi connectivity index (χ2v) is 4.08. The van der Waals surface area contributed by atoms with Gasteiger partial charge < -0.3 is 9.84 Å². The highest BCUT2D eigenvalue weighted by Crippen LogP contribution is 2.41. The summed E-state index contributed by atoms with van der Waals surface area (Å²) in [7, 11) is 1.35. The number of carbonyl (C=O) groups is 1. The van der Waals surface area contributed by atoms with Gasteiger partial charge in [-0.05, 0) is 24.5 Å². The number of hydrogen-bond acceptors (Lipinski definition) is 3. The lowest BCUT2D eigenvalue weighted by molar-refractivity contribution is -0.154. The van der Waals surface area contributed by atoms with Crippen LogP contribution in [0.3, 0.4) is 0 Å². The predicted octanol–water partition coefficient (Wildman–Crippen LogP) is 1.24. The second-order valence-electron chi connectivity index (χ2n) is 4.08. The van der Waals surface area contributed by atoms with Crippen molar-refractivity contribution in [3.63, 3.8) is 0 Å². The minimum Gasteiger partial charge on any atom is -0.469 e. The average molecular weight is 206 g/mol. The van der Waals surface area contributed by atoms with E-state index >= 15 is 0 Å². The third-order valence-corrected chi connectivity index (χ3v) is 3.15. The van der Waals surface area contributed by atoms with Crippen molar-refractivity contribution in [2.24, 2.45) is 5.92 Å². The van der Waals surface area contributed by atoms with Crippen LogP contribution in [0.15, 0.2) is 24.3 Å². The number of rotatable bonds is 1. The van der Waals surface area contributed by atoms with Gasteiger partial charge in [-0.2, -0.15) is 0 Å². The summed E-state index contributed by atoms with van der Waals surface area (Å²) in [5.41, 5.74) is 0.752. The molecular weight excluding hydrogens is 192 g/mol. The molecule has 0 bridgehead atoms. The molecule has 1 aliphatic rings. The van der Waals surface area contributed by atoms with Gasteiger partial charge in [0, 0.05) is 0 Å². The number of methoxy groups -OCH3 is 1. The maximum absolute atomic E-state index is 11.5. The minimum atomic E-state index is -1.11. The monoisotopic (exact) mass is 206 g/mol. The zero-order valence-electron chi connectivity index (χ0n) is 8.86. The maximum atomic E-state index is 11.5. The van der Waals surface area contributed by atoms with Crippen molar-refractivity contribution >= 4 is 5.97 Å². The maximum Gasteiger partial charge on any atom is 0.312 e. The largest absolute Gasteiger partial charge is 0.469 e. The Labute approximate surface area is 88.7 Å². The summed E-state index contributed by atoms with van der Waals surface area (Å²) in [5.74, 6) is -0.837. The Balaban J connectivity index is 2.42. The van der Waals surface area contributed by atoms with Gasteiger partial charge in [-0.1, -0.05) is 24.3 Å². The van der Waals surface area contributed by atoms with Crippen LogP contribution >= 0.6 is 0 Å². The van der Waals surface area contributed by atoms with Crippen LogP contribution in [-0.4, -0.2) is 18.2 Å². The number of carbonyl (C=O) groups excluding carboxylic acids is 1. The number of hydrogen-bond donors (Lipinski definition) is 1. The van der Waals surface area contributed by atoms with Gasteiger partial charge in [-0.15, -0.1) is 0 Å². The molecule has 1 aromatic rings. The lowest BCUT2D eigenvalue weighted by Crippen LogP contribution is -2.34. The quantitative estimate of drug-likeness (QED) is 0.703. The fourth-order valence-corrected chi connectivity index (χ4v) is 2.25. The van der Waals surface area contributed by atoms with Crippen LogP contribution in [0.2, 0.25) is 0 Å². The van der Waals surface area contributed by atoms with E-state index in [1.54, 1.807) is 6.92 Å². The van der Waals surface area contributed by atoms with E-state index in [4.69, 9.17) is 4.74 Å². The first kappa shape index (κ1) is 10.2. The Kier molecular flexibility index (Phi) is 2.27. The molecule has 0 heterocycles. The third-order valence-electron chi connectivity index (χ3n) is 3.15. The molecule has 2 rings (SSSR count).